The van der Waals surface area contributed by atoms with E-state index in [-0.39, 0.29) is 0 Å². The van der Waals surface area contributed by atoms with E-state index in [1.807, 2.05) is 24.3 Å². The van der Waals surface area contributed by atoms with Crippen molar-refractivity contribution in [3.63, 3.8) is 0 Å². The van der Waals surface area contributed by atoms with Crippen LogP contribution < -0.4 is 0 Å². The van der Waals surface area contributed by atoms with E-state index in [1.165, 1.54) is 38.9 Å². The quantitative estimate of drug-likeness (QED) is 0.184. The fourth-order valence-corrected chi connectivity index (χ4v) is 7.56. The van der Waals surface area contributed by atoms with Gasteiger partial charge in [-0.2, -0.15) is 0 Å². The first-order valence-corrected chi connectivity index (χ1v) is 16.8. The van der Waals surface area contributed by atoms with Crippen molar-refractivity contribution in [2.75, 3.05) is 0 Å². The number of benzene rings is 7. The zero-order chi connectivity index (χ0) is 32.6. The van der Waals surface area contributed by atoms with Crippen LogP contribution >= 0.6 is 0 Å². The highest BCUT2D eigenvalue weighted by molar-refractivity contribution is 5.89. The summed E-state index contributed by atoms with van der Waals surface area (Å²) in [5.74, 6) is 0.717. The van der Waals surface area contributed by atoms with Crippen molar-refractivity contribution < 1.29 is 0 Å². The van der Waals surface area contributed by atoms with Crippen LogP contribution in [0.3, 0.4) is 0 Å². The summed E-state index contributed by atoms with van der Waals surface area (Å²) in [6, 6.07) is 69.2. The molecule has 0 spiro atoms. The highest BCUT2D eigenvalue weighted by Gasteiger charge is 2.45. The van der Waals surface area contributed by atoms with Gasteiger partial charge < -0.3 is 0 Å². The van der Waals surface area contributed by atoms with Crippen molar-refractivity contribution in [1.82, 2.24) is 9.97 Å². The van der Waals surface area contributed by atoms with Crippen molar-refractivity contribution in [2.45, 2.75) is 5.41 Å². The molecule has 1 aliphatic rings. The lowest BCUT2D eigenvalue weighted by Gasteiger charge is -2.33. The van der Waals surface area contributed by atoms with Gasteiger partial charge in [-0.3, -0.25) is 0 Å². The smallest absolute Gasteiger partial charge is 0.160 e. The number of hydrogen-bond acceptors (Lipinski definition) is 2. The molecule has 0 N–H and O–H groups in total. The topological polar surface area (TPSA) is 25.8 Å². The Labute approximate surface area is 287 Å². The van der Waals surface area contributed by atoms with Crippen LogP contribution in [0, 0.1) is 0 Å². The third-order valence-electron chi connectivity index (χ3n) is 9.78. The van der Waals surface area contributed by atoms with Crippen LogP contribution in [0.1, 0.15) is 22.3 Å². The second kappa shape index (κ2) is 12.0. The molecule has 0 saturated carbocycles. The van der Waals surface area contributed by atoms with Gasteiger partial charge in [0, 0.05) is 16.7 Å². The molecular formula is C47H32N2. The minimum atomic E-state index is -0.405. The summed E-state index contributed by atoms with van der Waals surface area (Å²) in [5, 5.41) is 0. The largest absolute Gasteiger partial charge is 0.228 e. The molecule has 2 nitrogen and oxygen atoms in total. The highest BCUT2D eigenvalue weighted by atomic mass is 14.9. The molecule has 1 aliphatic carbocycles. The number of hydrogen-bond donors (Lipinski definition) is 0. The Morgan fingerprint density at radius 1 is 0.306 bits per heavy atom. The molecule has 1 heterocycles. The number of nitrogens with zero attached hydrogens (tertiary/aromatic N) is 2. The summed E-state index contributed by atoms with van der Waals surface area (Å²) in [4.78, 5) is 10.1. The second-order valence-electron chi connectivity index (χ2n) is 12.6. The van der Waals surface area contributed by atoms with Gasteiger partial charge in [0.15, 0.2) is 5.82 Å². The average Bonchev–Trinajstić information content (AvgIpc) is 3.49. The molecule has 0 unspecified atom stereocenters. The predicted molar refractivity (Wildman–Crippen MR) is 201 cm³/mol. The lowest BCUT2D eigenvalue weighted by Crippen LogP contribution is -2.28. The molecule has 0 amide bonds. The van der Waals surface area contributed by atoms with Crippen molar-refractivity contribution >= 4 is 0 Å². The monoisotopic (exact) mass is 624 g/mol. The van der Waals surface area contributed by atoms with Crippen LogP contribution in [-0.4, -0.2) is 9.97 Å². The third kappa shape index (κ3) is 4.89. The van der Waals surface area contributed by atoms with Crippen molar-refractivity contribution in [3.05, 3.63) is 216 Å². The minimum Gasteiger partial charge on any atom is -0.228 e. The molecule has 0 radical (unpaired) electrons. The van der Waals surface area contributed by atoms with E-state index in [4.69, 9.17) is 9.97 Å². The van der Waals surface area contributed by atoms with E-state index in [1.54, 1.807) is 0 Å². The lowest BCUT2D eigenvalue weighted by molar-refractivity contribution is 0.768. The SMILES string of the molecule is c1ccc(-c2cc(-c3cccc(-c4ccc5c(c4)-c4ccccc4C5(c4ccccc4)c4ccccc4)c3)nc(-c3ccccc3)n2)cc1. The first-order valence-electron chi connectivity index (χ1n) is 16.8. The van der Waals surface area contributed by atoms with Gasteiger partial charge in [0.2, 0.25) is 0 Å². The van der Waals surface area contributed by atoms with Crippen LogP contribution in [0.5, 0.6) is 0 Å². The maximum atomic E-state index is 5.10. The number of rotatable bonds is 6. The summed E-state index contributed by atoms with van der Waals surface area (Å²) in [6.07, 6.45) is 0. The van der Waals surface area contributed by atoms with E-state index in [2.05, 4.69) is 170 Å². The summed E-state index contributed by atoms with van der Waals surface area (Å²) in [5.41, 5.74) is 14.5. The molecule has 2 heteroatoms. The Bertz CT molecular complexity index is 2320. The summed E-state index contributed by atoms with van der Waals surface area (Å²) < 4.78 is 0. The third-order valence-corrected chi connectivity index (χ3v) is 9.78. The van der Waals surface area contributed by atoms with Crippen LogP contribution in [-0.2, 0) is 5.41 Å². The Kier molecular flexibility index (Phi) is 7.06. The van der Waals surface area contributed by atoms with E-state index in [0.717, 1.165) is 39.5 Å². The van der Waals surface area contributed by atoms with Gasteiger partial charge in [-0.25, -0.2) is 9.97 Å². The molecule has 8 aromatic rings. The van der Waals surface area contributed by atoms with Crippen molar-refractivity contribution in [1.29, 1.82) is 0 Å². The summed E-state index contributed by atoms with van der Waals surface area (Å²) in [7, 11) is 0. The minimum absolute atomic E-state index is 0.405. The number of aromatic nitrogens is 2. The van der Waals surface area contributed by atoms with Gasteiger partial charge in [0.1, 0.15) is 0 Å². The maximum absolute atomic E-state index is 5.10. The normalized spacial score (nSPS) is 12.7. The predicted octanol–water partition coefficient (Wildman–Crippen LogP) is 11.5. The molecule has 49 heavy (non-hydrogen) atoms. The van der Waals surface area contributed by atoms with E-state index in [9.17, 15) is 0 Å². The Morgan fingerprint density at radius 2 is 0.796 bits per heavy atom. The average molecular weight is 625 g/mol. The Hall–Kier alpha value is -6.38. The summed E-state index contributed by atoms with van der Waals surface area (Å²) in [6.45, 7) is 0. The Balaban J connectivity index is 1.20. The molecule has 0 bridgehead atoms. The van der Waals surface area contributed by atoms with Crippen LogP contribution in [0.25, 0.3) is 56.2 Å². The van der Waals surface area contributed by atoms with E-state index in [0.29, 0.717) is 0 Å². The molecule has 0 atom stereocenters. The molecule has 1 aromatic heterocycles. The van der Waals surface area contributed by atoms with Crippen LogP contribution in [0.2, 0.25) is 0 Å². The van der Waals surface area contributed by atoms with E-state index >= 15 is 0 Å². The molecule has 9 rings (SSSR count). The van der Waals surface area contributed by atoms with Gasteiger partial charge in [-0.05, 0) is 62.7 Å². The van der Waals surface area contributed by atoms with Gasteiger partial charge in [-0.1, -0.05) is 176 Å². The van der Waals surface area contributed by atoms with Crippen molar-refractivity contribution in [2.24, 2.45) is 0 Å². The first-order chi connectivity index (χ1) is 24.3. The molecule has 0 fully saturated rings. The molecular weight excluding hydrogens is 593 g/mol. The molecule has 0 saturated heterocycles. The van der Waals surface area contributed by atoms with E-state index < -0.39 is 5.41 Å². The zero-order valence-electron chi connectivity index (χ0n) is 26.9. The fourth-order valence-electron chi connectivity index (χ4n) is 7.56. The fraction of sp³-hybridized carbons (Fsp3) is 0.0213. The standard InChI is InChI=1S/C47H32N2/c1-5-16-33(17-6-1)44-32-45(49-46(48-44)34-18-7-2-8-19-34)37-21-15-20-35(30-37)36-28-29-43-41(31-36)40-26-13-14-27-42(40)47(43,38-22-9-3-10-23-38)39-24-11-4-12-25-39/h1-32H. The van der Waals surface area contributed by atoms with Crippen LogP contribution in [0.15, 0.2) is 194 Å². The van der Waals surface area contributed by atoms with Crippen molar-refractivity contribution in [3.8, 4) is 56.2 Å². The van der Waals surface area contributed by atoms with Gasteiger partial charge in [0.05, 0.1) is 16.8 Å². The maximum Gasteiger partial charge on any atom is 0.160 e. The first kappa shape index (κ1) is 28.8. The van der Waals surface area contributed by atoms with Gasteiger partial charge in [-0.15, -0.1) is 0 Å². The lowest BCUT2D eigenvalue weighted by atomic mass is 9.67. The summed E-state index contributed by atoms with van der Waals surface area (Å²) >= 11 is 0. The molecule has 7 aromatic carbocycles. The zero-order valence-corrected chi connectivity index (χ0v) is 26.9. The van der Waals surface area contributed by atoms with Crippen LogP contribution in [0.4, 0.5) is 0 Å². The number of fused-ring (bicyclic) bond motifs is 3. The second-order valence-corrected chi connectivity index (χ2v) is 12.6. The van der Waals surface area contributed by atoms with Gasteiger partial charge in [0.25, 0.3) is 0 Å². The van der Waals surface area contributed by atoms with Gasteiger partial charge >= 0.3 is 0 Å². The molecule has 0 aliphatic heterocycles. The Morgan fingerprint density at radius 3 is 1.47 bits per heavy atom. The molecule has 230 valence electrons. The highest BCUT2D eigenvalue weighted by Crippen LogP contribution is 2.56.